The molecule has 12 heteroatoms. The predicted molar refractivity (Wildman–Crippen MR) is 136 cm³/mol. The molecule has 0 bridgehead atoms. The molecule has 1 fully saturated rings. The van der Waals surface area contributed by atoms with E-state index >= 15 is 0 Å². The molecule has 1 aliphatic heterocycles. The summed E-state index contributed by atoms with van der Waals surface area (Å²) < 4.78 is 16.4. The lowest BCUT2D eigenvalue weighted by molar-refractivity contribution is -0.158. The monoisotopic (exact) mass is 530 g/mol. The van der Waals surface area contributed by atoms with Crippen molar-refractivity contribution in [3.8, 4) is 0 Å². The molecule has 0 aromatic heterocycles. The van der Waals surface area contributed by atoms with Crippen molar-refractivity contribution in [3.63, 3.8) is 0 Å². The molecule has 1 saturated heterocycles. The van der Waals surface area contributed by atoms with Gasteiger partial charge in [0.25, 0.3) is 0 Å². The average Bonchev–Trinajstić information content (AvgIpc) is 2.66. The summed E-state index contributed by atoms with van der Waals surface area (Å²) in [5.74, 6) is -2.37. The smallest absolute Gasteiger partial charge is 0.320 e. The lowest BCUT2D eigenvalue weighted by Crippen LogP contribution is -2.50. The Hall–Kier alpha value is -2.28. The minimum absolute atomic E-state index is 0.0466. The van der Waals surface area contributed by atoms with E-state index in [1.54, 1.807) is 81.9 Å². The van der Waals surface area contributed by atoms with Gasteiger partial charge in [-0.2, -0.15) is 0 Å². The largest absolute Gasteiger partial charge is 0.480 e. The molecule has 0 saturated carbocycles. The third-order valence-electron chi connectivity index (χ3n) is 4.61. The molecule has 12 nitrogen and oxygen atoms in total. The van der Waals surface area contributed by atoms with E-state index in [1.807, 2.05) is 0 Å². The average molecular weight is 531 g/mol. The molecule has 0 spiro atoms. The topological polar surface area (TPSA) is 129 Å². The van der Waals surface area contributed by atoms with Gasteiger partial charge in [-0.05, 0) is 62.3 Å². The second-order valence-electron chi connectivity index (χ2n) is 12.3. The van der Waals surface area contributed by atoms with Gasteiger partial charge in [0.05, 0.1) is 46.2 Å². The molecule has 1 N–H and O–H groups in total. The Morgan fingerprint density at radius 2 is 0.811 bits per heavy atom. The minimum Gasteiger partial charge on any atom is -0.480 e. The zero-order valence-corrected chi connectivity index (χ0v) is 24.0. The fourth-order valence-corrected chi connectivity index (χ4v) is 3.68. The second kappa shape index (κ2) is 13.5. The Balaban J connectivity index is 3.20. The van der Waals surface area contributed by atoms with Crippen LogP contribution in [0, 0.1) is 0 Å². The van der Waals surface area contributed by atoms with E-state index in [2.05, 4.69) is 0 Å². The molecule has 37 heavy (non-hydrogen) atoms. The van der Waals surface area contributed by atoms with Crippen LogP contribution in [0.1, 0.15) is 62.3 Å². The number of carbonyl (C=O) groups is 4. The summed E-state index contributed by atoms with van der Waals surface area (Å²) in [6.45, 7) is 16.6. The van der Waals surface area contributed by atoms with Gasteiger partial charge in [-0.1, -0.05) is 0 Å². The number of carboxylic acids is 1. The first-order valence-corrected chi connectivity index (χ1v) is 12.5. The summed E-state index contributed by atoms with van der Waals surface area (Å²) in [7, 11) is 0. The number of hydrogen-bond donors (Lipinski definition) is 1. The summed E-state index contributed by atoms with van der Waals surface area (Å²) in [5, 5.41) is 9.43. The van der Waals surface area contributed by atoms with Crippen molar-refractivity contribution in [1.82, 2.24) is 19.6 Å². The molecule has 1 aliphatic rings. The van der Waals surface area contributed by atoms with Gasteiger partial charge in [0.15, 0.2) is 0 Å². The van der Waals surface area contributed by atoms with E-state index in [0.29, 0.717) is 13.1 Å². The highest BCUT2D eigenvalue weighted by Crippen LogP contribution is 2.13. The summed E-state index contributed by atoms with van der Waals surface area (Å²) in [6.07, 6.45) is 0. The summed E-state index contributed by atoms with van der Waals surface area (Å²) in [5.41, 5.74) is -2.02. The van der Waals surface area contributed by atoms with E-state index in [0.717, 1.165) is 0 Å². The molecule has 0 aromatic carbocycles. The summed E-state index contributed by atoms with van der Waals surface area (Å²) >= 11 is 0. The lowest BCUT2D eigenvalue weighted by Gasteiger charge is -2.33. The number of carboxylic acid groups (broad SMARTS) is 1. The molecule has 0 aliphatic carbocycles. The first-order valence-electron chi connectivity index (χ1n) is 12.5. The van der Waals surface area contributed by atoms with Gasteiger partial charge in [0, 0.05) is 13.1 Å². The van der Waals surface area contributed by atoms with Crippen LogP contribution in [0.3, 0.4) is 0 Å². The van der Waals surface area contributed by atoms with E-state index in [-0.39, 0.29) is 46.2 Å². The minimum atomic E-state index is -1.01. The maximum absolute atomic E-state index is 12.7. The Morgan fingerprint density at radius 1 is 0.541 bits per heavy atom. The molecule has 214 valence electrons. The van der Waals surface area contributed by atoms with Crippen LogP contribution >= 0.6 is 0 Å². The van der Waals surface area contributed by atoms with Crippen molar-refractivity contribution in [2.45, 2.75) is 79.1 Å². The molecule has 0 atom stereocenters. The van der Waals surface area contributed by atoms with Gasteiger partial charge < -0.3 is 19.3 Å². The molecular weight excluding hydrogens is 484 g/mol. The van der Waals surface area contributed by atoms with E-state index in [1.165, 1.54) is 0 Å². The number of carbonyl (C=O) groups excluding carboxylic acids is 3. The fraction of sp³-hybridized carbons (Fsp3) is 0.840. The highest BCUT2D eigenvalue weighted by atomic mass is 16.6. The maximum atomic E-state index is 12.7. The van der Waals surface area contributed by atoms with Crippen LogP contribution in [-0.2, 0) is 33.4 Å². The van der Waals surface area contributed by atoms with Crippen molar-refractivity contribution in [2.75, 3.05) is 59.3 Å². The van der Waals surface area contributed by atoms with Crippen LogP contribution in [0.15, 0.2) is 0 Å². The Morgan fingerprint density at radius 3 is 1.11 bits per heavy atom. The van der Waals surface area contributed by atoms with Crippen molar-refractivity contribution in [1.29, 1.82) is 0 Å². The number of nitrogens with zero attached hydrogens (tertiary/aromatic N) is 4. The predicted octanol–water partition coefficient (Wildman–Crippen LogP) is 1.19. The zero-order valence-electron chi connectivity index (χ0n) is 24.0. The van der Waals surface area contributed by atoms with Crippen LogP contribution < -0.4 is 0 Å². The molecule has 0 radical (unpaired) electrons. The second-order valence-corrected chi connectivity index (χ2v) is 12.3. The lowest BCUT2D eigenvalue weighted by atomic mass is 10.2. The Bertz CT molecular complexity index is 798. The maximum Gasteiger partial charge on any atom is 0.320 e. The zero-order chi connectivity index (χ0) is 28.6. The fourth-order valence-electron chi connectivity index (χ4n) is 3.68. The van der Waals surface area contributed by atoms with Gasteiger partial charge >= 0.3 is 23.9 Å². The summed E-state index contributed by atoms with van der Waals surface area (Å²) in [6, 6.07) is 0. The molecule has 0 amide bonds. The van der Waals surface area contributed by atoms with Crippen molar-refractivity contribution >= 4 is 23.9 Å². The highest BCUT2D eigenvalue weighted by Gasteiger charge is 2.29. The third kappa shape index (κ3) is 16.2. The number of rotatable bonds is 8. The van der Waals surface area contributed by atoms with Gasteiger partial charge in [0.2, 0.25) is 0 Å². The SMILES string of the molecule is CC(C)(C)OC(=O)CN1CCN(CC(=O)O)CN(CC(=O)OC(C)(C)C)CN(CC(=O)OC(C)(C)C)C1. The molecule has 0 aromatic rings. The Labute approximate surface area is 220 Å². The molecule has 0 unspecified atom stereocenters. The van der Waals surface area contributed by atoms with Gasteiger partial charge in [0.1, 0.15) is 16.8 Å². The molecule has 1 heterocycles. The highest BCUT2D eigenvalue weighted by molar-refractivity contribution is 5.73. The van der Waals surface area contributed by atoms with Gasteiger partial charge in [-0.15, -0.1) is 0 Å². The molecule has 1 rings (SSSR count). The van der Waals surface area contributed by atoms with Crippen LogP contribution in [-0.4, -0.2) is 125 Å². The normalized spacial score (nSPS) is 17.9. The van der Waals surface area contributed by atoms with Crippen molar-refractivity contribution in [2.24, 2.45) is 0 Å². The van der Waals surface area contributed by atoms with E-state index in [9.17, 15) is 24.3 Å². The quantitative estimate of drug-likeness (QED) is 0.357. The Kier molecular flexibility index (Phi) is 11.9. The van der Waals surface area contributed by atoms with Crippen molar-refractivity contribution < 1.29 is 38.5 Å². The van der Waals surface area contributed by atoms with Crippen LogP contribution in [0.25, 0.3) is 0 Å². The number of hydrogen-bond acceptors (Lipinski definition) is 11. The number of ether oxygens (including phenoxy) is 3. The van der Waals surface area contributed by atoms with Crippen molar-refractivity contribution in [3.05, 3.63) is 0 Å². The standard InChI is InChI=1S/C25H46N4O8/c1-23(2,3)35-20(32)13-27-11-10-26(12-19(30)31)16-28(14-21(33)36-24(4,5)6)18-29(17-27)15-22(34)37-25(7,8)9/h10-18H2,1-9H3,(H,30,31). The number of aliphatic carboxylic acids is 1. The van der Waals surface area contributed by atoms with Crippen LogP contribution in [0.5, 0.6) is 0 Å². The van der Waals surface area contributed by atoms with E-state index in [4.69, 9.17) is 14.2 Å². The van der Waals surface area contributed by atoms with E-state index < -0.39 is 40.7 Å². The van der Waals surface area contributed by atoms with Crippen LogP contribution in [0.2, 0.25) is 0 Å². The first-order chi connectivity index (χ1) is 16.7. The third-order valence-corrected chi connectivity index (χ3v) is 4.61. The molecular formula is C25H46N4O8. The van der Waals surface area contributed by atoms with Gasteiger partial charge in [-0.3, -0.25) is 38.8 Å². The number of esters is 3. The summed E-state index contributed by atoms with van der Waals surface area (Å²) in [4.78, 5) is 56.3. The van der Waals surface area contributed by atoms with Gasteiger partial charge in [-0.25, -0.2) is 0 Å². The first kappa shape index (κ1) is 32.7. The van der Waals surface area contributed by atoms with Crippen LogP contribution in [0.4, 0.5) is 0 Å².